The summed E-state index contributed by atoms with van der Waals surface area (Å²) < 4.78 is 3.87. The number of carbonyl (C=O) groups excluding carboxylic acids is 1. The quantitative estimate of drug-likeness (QED) is 0.871. The topological polar surface area (TPSA) is 58.1 Å². The predicted molar refractivity (Wildman–Crippen MR) is 67.3 cm³/mol. The number of amides is 1. The highest BCUT2D eigenvalue weighted by Gasteiger charge is 2.25. The second-order valence-corrected chi connectivity index (χ2v) is 5.07. The molecule has 0 spiro atoms. The van der Waals surface area contributed by atoms with Crippen LogP contribution in [0.4, 0.5) is 0 Å². The molecular weight excluding hydrogens is 236 g/mol. The van der Waals surface area contributed by atoms with E-state index in [1.165, 1.54) is 11.5 Å². The Kier molecular flexibility index (Phi) is 4.06. The Bertz CT molecular complexity index is 387. The molecule has 0 radical (unpaired) electrons. The molecule has 1 fully saturated rings. The molecule has 94 valence electrons. The molecule has 0 bridgehead atoms. The van der Waals surface area contributed by atoms with Crippen LogP contribution in [0.15, 0.2) is 0 Å². The maximum Gasteiger partial charge on any atom is 0.267 e. The van der Waals surface area contributed by atoms with Crippen molar-refractivity contribution in [2.45, 2.75) is 32.2 Å². The van der Waals surface area contributed by atoms with E-state index in [-0.39, 0.29) is 5.91 Å². The summed E-state index contributed by atoms with van der Waals surface area (Å²) in [5.41, 5.74) is 0.815. The fraction of sp³-hybridized carbons (Fsp3) is 0.727. The Morgan fingerprint density at radius 2 is 2.47 bits per heavy atom. The summed E-state index contributed by atoms with van der Waals surface area (Å²) >= 11 is 1.20. The summed E-state index contributed by atoms with van der Waals surface area (Å²) in [5, 5.41) is 7.31. The van der Waals surface area contributed by atoms with E-state index < -0.39 is 0 Å². The number of nitrogens with one attached hydrogen (secondary N) is 1. The first-order chi connectivity index (χ1) is 8.24. The number of aromatic nitrogens is 2. The van der Waals surface area contributed by atoms with E-state index in [1.54, 1.807) is 0 Å². The zero-order valence-corrected chi connectivity index (χ0v) is 11.1. The van der Waals surface area contributed by atoms with Gasteiger partial charge in [0.2, 0.25) is 0 Å². The van der Waals surface area contributed by atoms with Crippen LogP contribution in [0.2, 0.25) is 0 Å². The highest BCUT2D eigenvalue weighted by Crippen LogP contribution is 2.17. The zero-order chi connectivity index (χ0) is 12.3. The lowest BCUT2D eigenvalue weighted by molar-refractivity contribution is 0.0712. The molecule has 1 unspecified atom stereocenters. The van der Waals surface area contributed by atoms with E-state index in [0.717, 1.165) is 38.0 Å². The van der Waals surface area contributed by atoms with Crippen LogP contribution in [0.25, 0.3) is 0 Å². The lowest BCUT2D eigenvalue weighted by Gasteiger charge is -2.31. The maximum absolute atomic E-state index is 12.3. The number of likely N-dealkylation sites (N-methyl/N-ethyl adjacent to an activating group) is 1. The largest absolute Gasteiger partial charge is 0.337 e. The predicted octanol–water partition coefficient (Wildman–Crippen LogP) is 0.924. The summed E-state index contributed by atoms with van der Waals surface area (Å²) in [4.78, 5) is 14.8. The Hall–Kier alpha value is -1.01. The standard InChI is InChI=1S/C11H18N4OS/c1-3-9-10(17-14-13-9)11(16)15(2)8-5-4-6-12-7-8/h8,12H,3-7H2,1-2H3. The molecule has 1 aromatic heterocycles. The molecule has 1 aromatic rings. The van der Waals surface area contributed by atoms with E-state index in [4.69, 9.17) is 0 Å². The summed E-state index contributed by atoms with van der Waals surface area (Å²) in [6.45, 7) is 3.94. The van der Waals surface area contributed by atoms with Crippen molar-refractivity contribution in [1.82, 2.24) is 19.8 Å². The van der Waals surface area contributed by atoms with Gasteiger partial charge in [0.05, 0.1) is 5.69 Å². The first-order valence-corrected chi connectivity index (χ1v) is 6.80. The number of rotatable bonds is 3. The van der Waals surface area contributed by atoms with E-state index in [2.05, 4.69) is 14.9 Å². The van der Waals surface area contributed by atoms with Crippen molar-refractivity contribution in [1.29, 1.82) is 0 Å². The third-order valence-electron chi connectivity index (χ3n) is 3.22. The molecule has 2 heterocycles. The maximum atomic E-state index is 12.3. The minimum absolute atomic E-state index is 0.0607. The molecule has 17 heavy (non-hydrogen) atoms. The Balaban J connectivity index is 2.08. The van der Waals surface area contributed by atoms with E-state index in [1.807, 2.05) is 18.9 Å². The van der Waals surface area contributed by atoms with Gasteiger partial charge >= 0.3 is 0 Å². The number of hydrogen-bond donors (Lipinski definition) is 1. The second kappa shape index (κ2) is 5.55. The van der Waals surface area contributed by atoms with Crippen molar-refractivity contribution >= 4 is 17.4 Å². The van der Waals surface area contributed by atoms with Gasteiger partial charge in [-0.15, -0.1) is 5.10 Å². The van der Waals surface area contributed by atoms with Crippen molar-refractivity contribution in [2.75, 3.05) is 20.1 Å². The molecule has 1 amide bonds. The van der Waals surface area contributed by atoms with Gasteiger partial charge in [-0.25, -0.2) is 0 Å². The average molecular weight is 254 g/mol. The molecule has 1 atom stereocenters. The number of nitrogens with zero attached hydrogens (tertiary/aromatic N) is 3. The lowest BCUT2D eigenvalue weighted by atomic mass is 10.1. The van der Waals surface area contributed by atoms with Gasteiger partial charge < -0.3 is 10.2 Å². The number of hydrogen-bond acceptors (Lipinski definition) is 5. The van der Waals surface area contributed by atoms with Crippen LogP contribution in [-0.4, -0.2) is 46.6 Å². The van der Waals surface area contributed by atoms with Gasteiger partial charge in [0.25, 0.3) is 5.91 Å². The SMILES string of the molecule is CCc1nnsc1C(=O)N(C)C1CCCNC1. The first-order valence-electron chi connectivity index (χ1n) is 6.03. The monoisotopic (exact) mass is 254 g/mol. The van der Waals surface area contributed by atoms with E-state index >= 15 is 0 Å². The fourth-order valence-corrected chi connectivity index (χ4v) is 2.83. The van der Waals surface area contributed by atoms with Crippen LogP contribution in [0, 0.1) is 0 Å². The van der Waals surface area contributed by atoms with Gasteiger partial charge in [-0.05, 0) is 37.3 Å². The minimum atomic E-state index is 0.0607. The highest BCUT2D eigenvalue weighted by molar-refractivity contribution is 7.07. The molecule has 1 aliphatic heterocycles. The molecule has 0 aromatic carbocycles. The van der Waals surface area contributed by atoms with Crippen LogP contribution < -0.4 is 5.32 Å². The van der Waals surface area contributed by atoms with Crippen LogP contribution in [0.1, 0.15) is 35.1 Å². The number of aryl methyl sites for hydroxylation is 1. The molecule has 0 aliphatic carbocycles. The van der Waals surface area contributed by atoms with Crippen molar-refractivity contribution in [3.63, 3.8) is 0 Å². The number of carbonyl (C=O) groups is 1. The lowest BCUT2D eigenvalue weighted by Crippen LogP contribution is -2.46. The van der Waals surface area contributed by atoms with Crippen LogP contribution in [0.3, 0.4) is 0 Å². The Morgan fingerprint density at radius 1 is 1.65 bits per heavy atom. The minimum Gasteiger partial charge on any atom is -0.337 e. The smallest absolute Gasteiger partial charge is 0.267 e. The highest BCUT2D eigenvalue weighted by atomic mass is 32.1. The molecule has 1 aliphatic rings. The Labute approximate surface area is 105 Å². The van der Waals surface area contributed by atoms with Crippen LogP contribution >= 0.6 is 11.5 Å². The normalized spacial score (nSPS) is 20.2. The molecular formula is C11H18N4OS. The second-order valence-electron chi connectivity index (χ2n) is 4.32. The van der Waals surface area contributed by atoms with Gasteiger partial charge in [-0.3, -0.25) is 4.79 Å². The van der Waals surface area contributed by atoms with E-state index in [9.17, 15) is 4.79 Å². The Morgan fingerprint density at radius 3 is 3.12 bits per heavy atom. The van der Waals surface area contributed by atoms with Gasteiger partial charge in [-0.1, -0.05) is 11.4 Å². The summed E-state index contributed by atoms with van der Waals surface area (Å²) in [6.07, 6.45) is 2.96. The van der Waals surface area contributed by atoms with Gasteiger partial charge in [-0.2, -0.15) is 0 Å². The molecule has 6 heteroatoms. The molecule has 5 nitrogen and oxygen atoms in total. The van der Waals surface area contributed by atoms with E-state index in [0.29, 0.717) is 10.9 Å². The van der Waals surface area contributed by atoms with Gasteiger partial charge in [0, 0.05) is 19.6 Å². The van der Waals surface area contributed by atoms with Crippen molar-refractivity contribution < 1.29 is 4.79 Å². The van der Waals surface area contributed by atoms with Crippen LogP contribution in [-0.2, 0) is 6.42 Å². The summed E-state index contributed by atoms with van der Waals surface area (Å²) in [5.74, 6) is 0.0607. The summed E-state index contributed by atoms with van der Waals surface area (Å²) in [7, 11) is 1.87. The molecule has 1 N–H and O–H groups in total. The molecule has 2 rings (SSSR count). The van der Waals surface area contributed by atoms with Gasteiger partial charge in [0.15, 0.2) is 0 Å². The number of piperidine rings is 1. The first kappa shape index (κ1) is 12.4. The van der Waals surface area contributed by atoms with Gasteiger partial charge in [0.1, 0.15) is 4.88 Å². The average Bonchev–Trinajstić information content (AvgIpc) is 2.86. The van der Waals surface area contributed by atoms with Crippen molar-refractivity contribution in [2.24, 2.45) is 0 Å². The molecule has 1 saturated heterocycles. The fourth-order valence-electron chi connectivity index (χ4n) is 2.09. The van der Waals surface area contributed by atoms with Crippen LogP contribution in [0.5, 0.6) is 0 Å². The third-order valence-corrected chi connectivity index (χ3v) is 3.98. The van der Waals surface area contributed by atoms with Crippen molar-refractivity contribution in [3.05, 3.63) is 10.6 Å². The zero-order valence-electron chi connectivity index (χ0n) is 10.3. The summed E-state index contributed by atoms with van der Waals surface area (Å²) in [6, 6.07) is 0.294. The van der Waals surface area contributed by atoms with Crippen molar-refractivity contribution in [3.8, 4) is 0 Å². The molecule has 0 saturated carbocycles. The third kappa shape index (κ3) is 2.63.